The summed E-state index contributed by atoms with van der Waals surface area (Å²) in [5, 5.41) is 0. The maximum Gasteiger partial charge on any atom is 0.0307 e. The van der Waals surface area contributed by atoms with Crippen LogP contribution in [0, 0.1) is 23.2 Å². The van der Waals surface area contributed by atoms with Gasteiger partial charge in [0.15, 0.2) is 0 Å². The predicted octanol–water partition coefficient (Wildman–Crippen LogP) is 4.04. The highest BCUT2D eigenvalue weighted by Gasteiger charge is 2.53. The quantitative estimate of drug-likeness (QED) is 0.636. The van der Waals surface area contributed by atoms with Crippen LogP contribution in [-0.4, -0.2) is 6.04 Å². The lowest BCUT2D eigenvalue weighted by Gasteiger charge is -2.59. The Hall–Kier alpha value is -0.380. The molecule has 4 bridgehead atoms. The lowest BCUT2D eigenvalue weighted by atomic mass is 9.47. The van der Waals surface area contributed by atoms with Crippen molar-refractivity contribution in [3.63, 3.8) is 0 Å². The highest BCUT2D eigenvalue weighted by atomic mass is 79.9. The molecule has 1 aromatic rings. The van der Waals surface area contributed by atoms with Gasteiger partial charge in [-0.15, -0.1) is 0 Å². The molecular weight excluding hydrogens is 324 g/mol. The Kier molecular flexibility index (Phi) is 3.63. The van der Waals surface area contributed by atoms with E-state index >= 15 is 0 Å². The van der Waals surface area contributed by atoms with Gasteiger partial charge in [0.05, 0.1) is 0 Å². The summed E-state index contributed by atoms with van der Waals surface area (Å²) in [6.45, 7) is 0. The van der Waals surface area contributed by atoms with Crippen LogP contribution in [0.5, 0.6) is 0 Å². The second kappa shape index (κ2) is 5.36. The Bertz CT molecular complexity index is 492. The van der Waals surface area contributed by atoms with Crippen molar-refractivity contribution < 1.29 is 0 Å². The van der Waals surface area contributed by atoms with Crippen LogP contribution in [0.3, 0.4) is 0 Å². The Balaban J connectivity index is 1.60. The molecule has 2 nitrogen and oxygen atoms in total. The van der Waals surface area contributed by atoms with E-state index in [0.717, 1.165) is 24.2 Å². The normalized spacial score (nSPS) is 38.7. The van der Waals surface area contributed by atoms with Gasteiger partial charge in [-0.2, -0.15) is 0 Å². The first-order valence-corrected chi connectivity index (χ1v) is 9.17. The number of hydrogen-bond acceptors (Lipinski definition) is 2. The van der Waals surface area contributed by atoms with Gasteiger partial charge in [-0.3, -0.25) is 11.3 Å². The summed E-state index contributed by atoms with van der Waals surface area (Å²) in [5.41, 5.74) is 5.06. The largest absolute Gasteiger partial charge is 0.271 e. The number of nitrogens with two attached hydrogens (primary N) is 1. The molecule has 5 rings (SSSR count). The minimum absolute atomic E-state index is 0.421. The van der Waals surface area contributed by atoms with Crippen molar-refractivity contribution in [2.24, 2.45) is 29.0 Å². The summed E-state index contributed by atoms with van der Waals surface area (Å²) in [6.07, 6.45) is 9.72. The fraction of sp³-hybridized carbons (Fsp3) is 0.667. The molecule has 1 atom stereocenters. The zero-order chi connectivity index (χ0) is 14.4. The summed E-state index contributed by atoms with van der Waals surface area (Å²) in [5.74, 6) is 8.96. The smallest absolute Gasteiger partial charge is 0.0307 e. The monoisotopic (exact) mass is 348 g/mol. The van der Waals surface area contributed by atoms with Crippen LogP contribution in [0.4, 0.5) is 0 Å². The fourth-order valence-corrected chi connectivity index (χ4v) is 6.39. The SMILES string of the molecule is NNC(Cc1ccccc1Br)C12CC3CC(CC(C3)C1)C2. The lowest BCUT2D eigenvalue weighted by molar-refractivity contribution is -0.0737. The van der Waals surface area contributed by atoms with Crippen LogP contribution in [0.15, 0.2) is 28.7 Å². The molecular formula is C18H25BrN2. The average Bonchev–Trinajstić information content (AvgIpc) is 2.44. The molecule has 1 unspecified atom stereocenters. The van der Waals surface area contributed by atoms with Gasteiger partial charge in [-0.05, 0) is 79.7 Å². The van der Waals surface area contributed by atoms with Crippen LogP contribution in [0.1, 0.15) is 44.1 Å². The summed E-state index contributed by atoms with van der Waals surface area (Å²) in [6, 6.07) is 9.01. The summed E-state index contributed by atoms with van der Waals surface area (Å²) in [7, 11) is 0. The first-order valence-electron chi connectivity index (χ1n) is 8.38. The topological polar surface area (TPSA) is 38.0 Å². The number of rotatable bonds is 4. The summed E-state index contributed by atoms with van der Waals surface area (Å²) < 4.78 is 1.22. The van der Waals surface area contributed by atoms with Crippen molar-refractivity contribution >= 4 is 15.9 Å². The summed E-state index contributed by atoms with van der Waals surface area (Å²) >= 11 is 3.70. The third-order valence-corrected chi connectivity index (χ3v) is 7.18. The van der Waals surface area contributed by atoms with E-state index in [2.05, 4.69) is 45.6 Å². The second-order valence-corrected chi connectivity index (χ2v) is 8.65. The van der Waals surface area contributed by atoms with E-state index in [4.69, 9.17) is 5.84 Å². The zero-order valence-electron chi connectivity index (χ0n) is 12.5. The molecule has 0 amide bonds. The molecule has 0 heterocycles. The molecule has 3 heteroatoms. The van der Waals surface area contributed by atoms with E-state index in [1.807, 2.05) is 0 Å². The molecule has 114 valence electrons. The molecule has 3 N–H and O–H groups in total. The molecule has 21 heavy (non-hydrogen) atoms. The van der Waals surface area contributed by atoms with Crippen molar-refractivity contribution in [2.45, 2.75) is 51.0 Å². The average molecular weight is 349 g/mol. The number of benzene rings is 1. The molecule has 4 fully saturated rings. The molecule has 0 radical (unpaired) electrons. The van der Waals surface area contributed by atoms with Gasteiger partial charge in [-0.1, -0.05) is 34.1 Å². The highest BCUT2D eigenvalue weighted by molar-refractivity contribution is 9.10. The van der Waals surface area contributed by atoms with Gasteiger partial charge in [0.25, 0.3) is 0 Å². The zero-order valence-corrected chi connectivity index (χ0v) is 14.1. The van der Waals surface area contributed by atoms with Crippen molar-refractivity contribution in [2.75, 3.05) is 0 Å². The van der Waals surface area contributed by atoms with Gasteiger partial charge < -0.3 is 0 Å². The van der Waals surface area contributed by atoms with Gasteiger partial charge in [-0.25, -0.2) is 0 Å². The Labute approximate surface area is 136 Å². The van der Waals surface area contributed by atoms with Gasteiger partial charge >= 0.3 is 0 Å². The van der Waals surface area contributed by atoms with Gasteiger partial charge in [0, 0.05) is 10.5 Å². The third-order valence-electron chi connectivity index (χ3n) is 6.41. The van der Waals surface area contributed by atoms with Gasteiger partial charge in [0.2, 0.25) is 0 Å². The van der Waals surface area contributed by atoms with Crippen molar-refractivity contribution in [1.82, 2.24) is 5.43 Å². The maximum atomic E-state index is 6.03. The Morgan fingerprint density at radius 3 is 2.19 bits per heavy atom. The van der Waals surface area contributed by atoms with Crippen molar-refractivity contribution in [3.05, 3.63) is 34.3 Å². The van der Waals surface area contributed by atoms with E-state index in [0.29, 0.717) is 11.5 Å². The number of hydrogen-bond donors (Lipinski definition) is 2. The van der Waals surface area contributed by atoms with Crippen LogP contribution in [0.25, 0.3) is 0 Å². The number of hydrazine groups is 1. The van der Waals surface area contributed by atoms with E-state index in [1.165, 1.54) is 48.6 Å². The molecule has 0 saturated heterocycles. The van der Waals surface area contributed by atoms with Crippen LogP contribution < -0.4 is 11.3 Å². The van der Waals surface area contributed by atoms with E-state index < -0.39 is 0 Å². The van der Waals surface area contributed by atoms with Crippen LogP contribution in [-0.2, 0) is 6.42 Å². The highest BCUT2D eigenvalue weighted by Crippen LogP contribution is 2.61. The number of nitrogens with one attached hydrogen (secondary N) is 1. The predicted molar refractivity (Wildman–Crippen MR) is 89.6 cm³/mol. The minimum Gasteiger partial charge on any atom is -0.271 e. The van der Waals surface area contributed by atoms with E-state index in [1.54, 1.807) is 0 Å². The van der Waals surface area contributed by atoms with E-state index in [-0.39, 0.29) is 0 Å². The van der Waals surface area contributed by atoms with Gasteiger partial charge in [0.1, 0.15) is 0 Å². The van der Waals surface area contributed by atoms with Crippen molar-refractivity contribution in [3.8, 4) is 0 Å². The molecule has 4 aliphatic carbocycles. The molecule has 0 aromatic heterocycles. The molecule has 4 saturated carbocycles. The molecule has 1 aromatic carbocycles. The molecule has 0 spiro atoms. The number of halogens is 1. The van der Waals surface area contributed by atoms with Crippen LogP contribution >= 0.6 is 15.9 Å². The standard InChI is InChI=1S/C18H25BrN2/c19-16-4-2-1-3-15(16)8-17(21-20)18-9-12-5-13(10-18)7-14(6-12)11-18/h1-4,12-14,17,21H,5-11,20H2. The van der Waals surface area contributed by atoms with Crippen LogP contribution in [0.2, 0.25) is 0 Å². The van der Waals surface area contributed by atoms with E-state index in [9.17, 15) is 0 Å². The minimum atomic E-state index is 0.421. The molecule has 4 aliphatic rings. The van der Waals surface area contributed by atoms with Crippen molar-refractivity contribution in [1.29, 1.82) is 0 Å². The first kappa shape index (κ1) is 14.2. The summed E-state index contributed by atoms with van der Waals surface area (Å²) in [4.78, 5) is 0. The Morgan fingerprint density at radius 1 is 1.10 bits per heavy atom. The lowest BCUT2D eigenvalue weighted by Crippen LogP contribution is -2.58. The third kappa shape index (κ3) is 2.47. The second-order valence-electron chi connectivity index (χ2n) is 7.79. The first-order chi connectivity index (χ1) is 10.2. The Morgan fingerprint density at radius 2 is 1.67 bits per heavy atom. The fourth-order valence-electron chi connectivity index (χ4n) is 5.94. The maximum absolute atomic E-state index is 6.03. The molecule has 0 aliphatic heterocycles.